The minimum absolute atomic E-state index is 0.150. The fourth-order valence-corrected chi connectivity index (χ4v) is 3.69. The number of carboxylic acids is 1. The summed E-state index contributed by atoms with van der Waals surface area (Å²) in [5, 5.41) is 16.0. The van der Waals surface area contributed by atoms with Gasteiger partial charge in [-0.2, -0.15) is 11.3 Å². The van der Waals surface area contributed by atoms with Crippen LogP contribution in [-0.2, 0) is 17.8 Å². The van der Waals surface area contributed by atoms with Gasteiger partial charge < -0.3 is 10.0 Å². The number of aromatic nitrogens is 1. The van der Waals surface area contributed by atoms with Gasteiger partial charge in [-0.15, -0.1) is 11.3 Å². The van der Waals surface area contributed by atoms with E-state index in [4.69, 9.17) is 5.11 Å². The molecule has 0 amide bonds. The number of aliphatic carboxylic acids is 1. The second kappa shape index (κ2) is 5.93. The maximum atomic E-state index is 10.6. The number of carbonyl (C=O) groups is 1. The van der Waals surface area contributed by atoms with Gasteiger partial charge in [0.15, 0.2) is 5.13 Å². The highest BCUT2D eigenvalue weighted by atomic mass is 32.1. The van der Waals surface area contributed by atoms with Crippen LogP contribution in [0.25, 0.3) is 0 Å². The van der Waals surface area contributed by atoms with Crippen LogP contribution in [0.3, 0.4) is 0 Å². The van der Waals surface area contributed by atoms with Crippen LogP contribution in [0.5, 0.6) is 0 Å². The Kier molecular flexibility index (Phi) is 4.03. The number of nitrogens with zero attached hydrogens (tertiary/aromatic N) is 2. The van der Waals surface area contributed by atoms with Gasteiger partial charge >= 0.3 is 5.97 Å². The molecule has 4 nitrogen and oxygen atoms in total. The van der Waals surface area contributed by atoms with Gasteiger partial charge in [-0.05, 0) is 35.2 Å². The van der Waals surface area contributed by atoms with Gasteiger partial charge in [0.1, 0.15) is 0 Å². The molecule has 0 aromatic carbocycles. The molecule has 0 aliphatic heterocycles. The number of carboxylic acid groups (broad SMARTS) is 1. The Morgan fingerprint density at radius 1 is 1.45 bits per heavy atom. The number of hydrogen-bond donors (Lipinski definition) is 1. The fraction of sp³-hybridized carbons (Fsp3) is 0.429. The zero-order valence-corrected chi connectivity index (χ0v) is 12.6. The molecule has 0 unspecified atom stereocenters. The molecule has 1 fully saturated rings. The van der Waals surface area contributed by atoms with Crippen LogP contribution in [0.15, 0.2) is 22.2 Å². The van der Waals surface area contributed by atoms with E-state index < -0.39 is 5.97 Å². The lowest BCUT2D eigenvalue weighted by Crippen LogP contribution is -2.24. The van der Waals surface area contributed by atoms with Crippen molar-refractivity contribution in [1.29, 1.82) is 0 Å². The van der Waals surface area contributed by atoms with Crippen LogP contribution in [0, 0.1) is 0 Å². The summed E-state index contributed by atoms with van der Waals surface area (Å²) in [5.74, 6) is -0.767. The van der Waals surface area contributed by atoms with Crippen LogP contribution >= 0.6 is 22.7 Å². The third-order valence-electron chi connectivity index (χ3n) is 3.30. The van der Waals surface area contributed by atoms with Crippen LogP contribution in [0.1, 0.15) is 30.5 Å². The SMILES string of the molecule is O=C(O)CCc1csc(N(Cc2ccsc2)C2CC2)n1. The minimum Gasteiger partial charge on any atom is -0.481 e. The van der Waals surface area contributed by atoms with Gasteiger partial charge in [-0.1, -0.05) is 0 Å². The summed E-state index contributed by atoms with van der Waals surface area (Å²) in [6, 6.07) is 2.76. The van der Waals surface area contributed by atoms with Gasteiger partial charge in [0.25, 0.3) is 0 Å². The minimum atomic E-state index is -0.767. The first-order valence-corrected chi connectivity index (χ1v) is 8.48. The summed E-state index contributed by atoms with van der Waals surface area (Å²) in [4.78, 5) is 17.6. The van der Waals surface area contributed by atoms with Crippen molar-refractivity contribution in [2.45, 2.75) is 38.3 Å². The lowest BCUT2D eigenvalue weighted by Gasteiger charge is -2.20. The lowest BCUT2D eigenvalue weighted by molar-refractivity contribution is -0.136. The quantitative estimate of drug-likeness (QED) is 0.852. The van der Waals surface area contributed by atoms with Crippen LogP contribution < -0.4 is 4.90 Å². The van der Waals surface area contributed by atoms with Gasteiger partial charge in [0.05, 0.1) is 12.1 Å². The number of thiophene rings is 1. The first-order chi connectivity index (χ1) is 9.72. The molecule has 2 heterocycles. The van der Waals surface area contributed by atoms with Gasteiger partial charge in [0, 0.05) is 24.4 Å². The van der Waals surface area contributed by atoms with E-state index in [1.54, 1.807) is 22.7 Å². The Balaban J connectivity index is 1.69. The Morgan fingerprint density at radius 3 is 2.95 bits per heavy atom. The predicted molar refractivity (Wildman–Crippen MR) is 81.6 cm³/mol. The van der Waals surface area contributed by atoms with Gasteiger partial charge in [-0.25, -0.2) is 4.98 Å². The van der Waals surface area contributed by atoms with Crippen molar-refractivity contribution in [3.63, 3.8) is 0 Å². The molecule has 1 saturated carbocycles. The summed E-state index contributed by atoms with van der Waals surface area (Å²) in [6.45, 7) is 0.903. The molecule has 20 heavy (non-hydrogen) atoms. The highest BCUT2D eigenvalue weighted by Gasteiger charge is 2.31. The number of rotatable bonds is 7. The van der Waals surface area contributed by atoms with Crippen molar-refractivity contribution in [3.05, 3.63) is 33.5 Å². The molecule has 2 aromatic heterocycles. The largest absolute Gasteiger partial charge is 0.481 e. The second-order valence-corrected chi connectivity index (χ2v) is 6.62. The van der Waals surface area contributed by atoms with Crippen LogP contribution in [0.4, 0.5) is 5.13 Å². The first kappa shape index (κ1) is 13.6. The molecule has 1 N–H and O–H groups in total. The summed E-state index contributed by atoms with van der Waals surface area (Å²) >= 11 is 3.34. The van der Waals surface area contributed by atoms with Crippen LogP contribution in [0.2, 0.25) is 0 Å². The molecule has 0 bridgehead atoms. The van der Waals surface area contributed by atoms with E-state index in [9.17, 15) is 4.79 Å². The number of thiazole rings is 1. The Labute approximate surface area is 125 Å². The molecule has 1 aliphatic carbocycles. The van der Waals surface area contributed by atoms with E-state index in [0.717, 1.165) is 17.4 Å². The zero-order valence-electron chi connectivity index (χ0n) is 11.0. The number of hydrogen-bond acceptors (Lipinski definition) is 5. The Bertz CT molecular complexity index is 576. The monoisotopic (exact) mass is 308 g/mol. The summed E-state index contributed by atoms with van der Waals surface area (Å²) in [5.41, 5.74) is 2.22. The van der Waals surface area contributed by atoms with Crippen molar-refractivity contribution in [1.82, 2.24) is 4.98 Å². The van der Waals surface area contributed by atoms with E-state index in [1.165, 1.54) is 18.4 Å². The average molecular weight is 308 g/mol. The predicted octanol–water partition coefficient (Wildman–Crippen LogP) is 3.39. The smallest absolute Gasteiger partial charge is 0.303 e. The number of anilines is 1. The highest BCUT2D eigenvalue weighted by molar-refractivity contribution is 7.13. The lowest BCUT2D eigenvalue weighted by atomic mass is 10.2. The third-order valence-corrected chi connectivity index (χ3v) is 4.96. The molecule has 6 heteroatoms. The molecule has 0 saturated heterocycles. The maximum absolute atomic E-state index is 10.6. The maximum Gasteiger partial charge on any atom is 0.303 e. The molecule has 0 spiro atoms. The highest BCUT2D eigenvalue weighted by Crippen LogP contribution is 2.35. The van der Waals surface area contributed by atoms with Crippen LogP contribution in [-0.4, -0.2) is 22.1 Å². The molecular weight excluding hydrogens is 292 g/mol. The standard InChI is InChI=1S/C14H16N2O2S2/c17-13(18)4-1-11-9-20-14(15-11)16(12-2-3-12)7-10-5-6-19-8-10/h5-6,8-9,12H,1-4,7H2,(H,17,18). The van der Waals surface area contributed by atoms with Crippen molar-refractivity contribution in [3.8, 4) is 0 Å². The van der Waals surface area contributed by atoms with Gasteiger partial charge in [-0.3, -0.25) is 4.79 Å². The van der Waals surface area contributed by atoms with Crippen molar-refractivity contribution < 1.29 is 9.90 Å². The van der Waals surface area contributed by atoms with E-state index in [1.807, 2.05) is 5.38 Å². The topological polar surface area (TPSA) is 53.4 Å². The van der Waals surface area contributed by atoms with Gasteiger partial charge in [0.2, 0.25) is 0 Å². The molecule has 0 atom stereocenters. The van der Waals surface area contributed by atoms with E-state index in [0.29, 0.717) is 12.5 Å². The summed E-state index contributed by atoms with van der Waals surface area (Å²) < 4.78 is 0. The van der Waals surface area contributed by atoms with E-state index in [2.05, 4.69) is 26.7 Å². The normalized spacial score (nSPS) is 14.4. The van der Waals surface area contributed by atoms with Crippen molar-refractivity contribution in [2.75, 3.05) is 4.90 Å². The second-order valence-electron chi connectivity index (χ2n) is 5.01. The molecule has 0 radical (unpaired) electrons. The molecule has 1 aliphatic rings. The third kappa shape index (κ3) is 3.37. The molecular formula is C14H16N2O2S2. The van der Waals surface area contributed by atoms with E-state index in [-0.39, 0.29) is 6.42 Å². The number of aryl methyl sites for hydroxylation is 1. The first-order valence-electron chi connectivity index (χ1n) is 6.66. The molecule has 106 valence electrons. The summed E-state index contributed by atoms with van der Waals surface area (Å²) in [7, 11) is 0. The Morgan fingerprint density at radius 2 is 2.30 bits per heavy atom. The van der Waals surface area contributed by atoms with Crippen molar-refractivity contribution in [2.24, 2.45) is 0 Å². The average Bonchev–Trinajstić information content (AvgIpc) is 2.95. The zero-order chi connectivity index (χ0) is 13.9. The van der Waals surface area contributed by atoms with Crippen molar-refractivity contribution >= 4 is 33.8 Å². The molecule has 2 aromatic rings. The Hall–Kier alpha value is -1.40. The molecule has 3 rings (SSSR count). The summed E-state index contributed by atoms with van der Waals surface area (Å²) in [6.07, 6.45) is 3.13. The van der Waals surface area contributed by atoms with E-state index >= 15 is 0 Å². The fourth-order valence-electron chi connectivity index (χ4n) is 2.10.